The Hall–Kier alpha value is -4.47. The van der Waals surface area contributed by atoms with Crippen molar-refractivity contribution in [1.29, 1.82) is 5.41 Å². The molecule has 0 bridgehead atoms. The highest BCUT2D eigenvalue weighted by molar-refractivity contribution is 6.04. The molecule has 2 heterocycles. The first-order chi connectivity index (χ1) is 18.6. The van der Waals surface area contributed by atoms with Crippen molar-refractivity contribution in [2.75, 3.05) is 11.9 Å². The second-order valence-electron chi connectivity index (χ2n) is 10.4. The molecule has 0 radical (unpaired) electrons. The van der Waals surface area contributed by atoms with E-state index in [9.17, 15) is 14.4 Å². The number of aromatic nitrogens is 2. The third-order valence-electron chi connectivity index (χ3n) is 6.23. The van der Waals surface area contributed by atoms with Gasteiger partial charge in [-0.15, -0.1) is 0 Å². The van der Waals surface area contributed by atoms with E-state index >= 15 is 0 Å². The maximum absolute atomic E-state index is 13.2. The molecule has 1 aliphatic heterocycles. The number of anilines is 1. The summed E-state index contributed by atoms with van der Waals surface area (Å²) < 4.78 is 6.67. The fraction of sp³-hybridized carbons (Fsp3) is 0.345. The fourth-order valence-corrected chi connectivity index (χ4v) is 4.33. The number of carbonyl (C=O) groups is 2. The number of rotatable bonds is 8. The Morgan fingerprint density at radius 2 is 1.79 bits per heavy atom. The number of benzene rings is 2. The predicted octanol–water partition coefficient (Wildman–Crippen LogP) is 3.55. The van der Waals surface area contributed by atoms with E-state index in [-0.39, 0.29) is 23.8 Å². The number of aryl methyl sites for hydroxylation is 1. The zero-order valence-electron chi connectivity index (χ0n) is 22.4. The topological polar surface area (TPSA) is 138 Å². The molecule has 204 valence electrons. The van der Waals surface area contributed by atoms with E-state index in [1.54, 1.807) is 51.2 Å². The van der Waals surface area contributed by atoms with E-state index in [1.807, 2.05) is 30.3 Å². The number of hydrogen-bond acceptors (Lipinski definition) is 7. The van der Waals surface area contributed by atoms with Crippen LogP contribution in [0, 0.1) is 5.41 Å². The Balaban J connectivity index is 1.32. The van der Waals surface area contributed by atoms with Gasteiger partial charge >= 0.3 is 6.09 Å². The zero-order valence-corrected chi connectivity index (χ0v) is 22.4. The van der Waals surface area contributed by atoms with Crippen LogP contribution in [-0.4, -0.2) is 39.5 Å². The van der Waals surface area contributed by atoms with Gasteiger partial charge in [0, 0.05) is 25.1 Å². The Bertz CT molecular complexity index is 1390. The monoisotopic (exact) mass is 530 g/mol. The smallest absolute Gasteiger partial charge is 0.413 e. The van der Waals surface area contributed by atoms with Gasteiger partial charge in [0.25, 0.3) is 5.56 Å². The van der Waals surface area contributed by atoms with Crippen LogP contribution in [-0.2, 0) is 28.9 Å². The molecule has 39 heavy (non-hydrogen) atoms. The number of nitrogens with one attached hydrogen (secondary N) is 4. The molecule has 1 atom stereocenters. The summed E-state index contributed by atoms with van der Waals surface area (Å²) >= 11 is 0. The largest absolute Gasteiger partial charge is 0.444 e. The van der Waals surface area contributed by atoms with Crippen LogP contribution in [0.2, 0.25) is 0 Å². The third-order valence-corrected chi connectivity index (χ3v) is 6.23. The van der Waals surface area contributed by atoms with E-state index in [0.29, 0.717) is 36.5 Å². The number of hydrogen-bond donors (Lipinski definition) is 4. The minimum Gasteiger partial charge on any atom is -0.444 e. The van der Waals surface area contributed by atoms with Gasteiger partial charge in [-0.2, -0.15) is 0 Å². The second-order valence-corrected chi connectivity index (χ2v) is 10.4. The highest BCUT2D eigenvalue weighted by Gasteiger charge is 2.31. The Morgan fingerprint density at radius 1 is 1.08 bits per heavy atom. The first-order valence-electron chi connectivity index (χ1n) is 12.9. The highest BCUT2D eigenvalue weighted by Crippen LogP contribution is 2.23. The van der Waals surface area contributed by atoms with E-state index in [0.717, 1.165) is 12.0 Å². The van der Waals surface area contributed by atoms with E-state index < -0.39 is 17.7 Å². The first-order valence-corrected chi connectivity index (χ1v) is 12.9. The Kier molecular flexibility index (Phi) is 8.43. The Labute approximate surface area is 227 Å². The van der Waals surface area contributed by atoms with Crippen LogP contribution >= 0.6 is 0 Å². The van der Waals surface area contributed by atoms with Gasteiger partial charge in [0.2, 0.25) is 5.91 Å². The first kappa shape index (κ1) is 27.6. The number of amides is 2. The minimum absolute atomic E-state index is 0.0811. The van der Waals surface area contributed by atoms with Gasteiger partial charge < -0.3 is 15.4 Å². The number of ether oxygens (including phenoxy) is 1. The molecule has 0 spiro atoms. The summed E-state index contributed by atoms with van der Waals surface area (Å²) in [4.78, 5) is 42.5. The summed E-state index contributed by atoms with van der Waals surface area (Å²) in [5.41, 5.74) is 1.97. The molecule has 0 fully saturated rings. The molecule has 0 aliphatic carbocycles. The number of amidine groups is 1. The number of alkyl carbamates (subject to hydrolysis) is 1. The molecule has 1 aliphatic rings. The Morgan fingerprint density at radius 3 is 2.49 bits per heavy atom. The standard InChI is InChI=1S/C29H34N6O4/c1-29(2,3)39-28(38)34-25(30)21-11-9-20(10-12-21)17-33-26(36)23-13-14-24-32-18-22(27(37)35(23)24)31-16-15-19-7-5-4-6-8-19/h4-12,18,23,31H,13-17H2,1-3H3,(H,33,36)(H2,30,34,38). The summed E-state index contributed by atoms with van der Waals surface area (Å²) in [6.45, 7) is 6.09. The van der Waals surface area contributed by atoms with Crippen LogP contribution in [0.3, 0.4) is 0 Å². The van der Waals surface area contributed by atoms with Gasteiger partial charge in [-0.05, 0) is 44.7 Å². The van der Waals surface area contributed by atoms with Crippen molar-refractivity contribution in [3.05, 3.63) is 93.7 Å². The van der Waals surface area contributed by atoms with Crippen molar-refractivity contribution in [3.63, 3.8) is 0 Å². The fourth-order valence-electron chi connectivity index (χ4n) is 4.33. The van der Waals surface area contributed by atoms with Crippen LogP contribution in [0.4, 0.5) is 10.5 Å². The van der Waals surface area contributed by atoms with E-state index in [4.69, 9.17) is 10.1 Å². The van der Waals surface area contributed by atoms with Crippen LogP contribution < -0.4 is 21.5 Å². The van der Waals surface area contributed by atoms with Crippen LogP contribution in [0.15, 0.2) is 65.6 Å². The zero-order chi connectivity index (χ0) is 28.0. The lowest BCUT2D eigenvalue weighted by molar-refractivity contribution is -0.124. The van der Waals surface area contributed by atoms with Gasteiger partial charge in [0.1, 0.15) is 29.0 Å². The van der Waals surface area contributed by atoms with Gasteiger partial charge in [-0.3, -0.25) is 24.9 Å². The maximum atomic E-state index is 13.2. The molecule has 10 heteroatoms. The molecule has 4 N–H and O–H groups in total. The second kappa shape index (κ2) is 11.9. The molecule has 1 aromatic heterocycles. The summed E-state index contributed by atoms with van der Waals surface area (Å²) in [6, 6.07) is 16.3. The molecule has 0 saturated carbocycles. The normalized spacial score (nSPS) is 14.3. The lowest BCUT2D eigenvalue weighted by atomic mass is 10.1. The molecule has 2 amide bonds. The average Bonchev–Trinajstić information content (AvgIpc) is 3.33. The highest BCUT2D eigenvalue weighted by atomic mass is 16.6. The number of carbonyl (C=O) groups excluding carboxylic acids is 2. The van der Waals surface area contributed by atoms with E-state index in [2.05, 4.69) is 20.9 Å². The summed E-state index contributed by atoms with van der Waals surface area (Å²) in [5, 5.41) is 16.6. The quantitative estimate of drug-likeness (QED) is 0.260. The van der Waals surface area contributed by atoms with Crippen molar-refractivity contribution in [2.24, 2.45) is 0 Å². The minimum atomic E-state index is -0.694. The molecular formula is C29H34N6O4. The predicted molar refractivity (Wildman–Crippen MR) is 149 cm³/mol. The maximum Gasteiger partial charge on any atom is 0.413 e. The van der Waals surface area contributed by atoms with Crippen molar-refractivity contribution in [1.82, 2.24) is 20.2 Å². The van der Waals surface area contributed by atoms with Crippen molar-refractivity contribution in [2.45, 2.75) is 58.2 Å². The summed E-state index contributed by atoms with van der Waals surface area (Å²) in [7, 11) is 0. The molecule has 2 aromatic carbocycles. The van der Waals surface area contributed by atoms with Crippen LogP contribution in [0.25, 0.3) is 0 Å². The van der Waals surface area contributed by atoms with Gasteiger partial charge in [-0.25, -0.2) is 9.78 Å². The average molecular weight is 531 g/mol. The van der Waals surface area contributed by atoms with Crippen molar-refractivity contribution >= 4 is 23.5 Å². The number of nitrogens with zero attached hydrogens (tertiary/aromatic N) is 2. The molecule has 10 nitrogen and oxygen atoms in total. The van der Waals surface area contributed by atoms with Crippen molar-refractivity contribution < 1.29 is 14.3 Å². The van der Waals surface area contributed by atoms with Gasteiger partial charge in [-0.1, -0.05) is 54.6 Å². The molecular weight excluding hydrogens is 496 g/mol. The summed E-state index contributed by atoms with van der Waals surface area (Å²) in [6.07, 6.45) is 2.69. The van der Waals surface area contributed by atoms with Crippen LogP contribution in [0.1, 0.15) is 55.7 Å². The lowest BCUT2D eigenvalue weighted by Gasteiger charge is -2.19. The molecule has 4 rings (SSSR count). The number of fused-ring (bicyclic) bond motifs is 1. The SMILES string of the molecule is CC(C)(C)OC(=O)NC(=N)c1ccc(CNC(=O)C2CCc3ncc(NCCc4ccccc4)c(=O)n32)cc1. The van der Waals surface area contributed by atoms with Gasteiger partial charge in [0.05, 0.1) is 6.20 Å². The summed E-state index contributed by atoms with van der Waals surface area (Å²) in [5.74, 6) is 0.277. The third kappa shape index (κ3) is 7.31. The molecule has 0 saturated heterocycles. The van der Waals surface area contributed by atoms with Crippen molar-refractivity contribution in [3.8, 4) is 0 Å². The van der Waals surface area contributed by atoms with Gasteiger partial charge in [0.15, 0.2) is 0 Å². The molecule has 1 unspecified atom stereocenters. The van der Waals surface area contributed by atoms with Crippen LogP contribution in [0.5, 0.6) is 0 Å². The molecule has 3 aromatic rings. The van der Waals surface area contributed by atoms with E-state index in [1.165, 1.54) is 10.1 Å². The lowest BCUT2D eigenvalue weighted by Crippen LogP contribution is -2.36.